The highest BCUT2D eigenvalue weighted by Gasteiger charge is 2.10. The zero-order valence-electron chi connectivity index (χ0n) is 14.7. The Morgan fingerprint density at radius 3 is 2.61 bits per heavy atom. The van der Waals surface area contributed by atoms with E-state index in [2.05, 4.69) is 20.2 Å². The lowest BCUT2D eigenvalue weighted by Crippen LogP contribution is -1.90. The molecule has 4 rings (SSSR count). The van der Waals surface area contributed by atoms with Crippen molar-refractivity contribution in [2.24, 2.45) is 0 Å². The minimum Gasteiger partial charge on any atom is -0.508 e. The Balaban J connectivity index is 1.40. The number of rotatable bonds is 6. The summed E-state index contributed by atoms with van der Waals surface area (Å²) in [5, 5.41) is 29.1. The molecule has 0 aliphatic heterocycles. The summed E-state index contributed by atoms with van der Waals surface area (Å²) in [7, 11) is 0. The molecule has 0 unspecified atom stereocenters. The fourth-order valence-corrected chi connectivity index (χ4v) is 3.77. The smallest absolute Gasteiger partial charge is 0.187 e. The van der Waals surface area contributed by atoms with Crippen molar-refractivity contribution < 1.29 is 14.7 Å². The molecule has 2 aromatic heterocycles. The van der Waals surface area contributed by atoms with E-state index in [-0.39, 0.29) is 11.5 Å². The SMILES string of the molecule is Cc1cc(NSc2ccc(Nc3nc(-c4ccc(O)cc4O)cs3)cc2)no1. The molecule has 2 heterocycles. The van der Waals surface area contributed by atoms with Crippen LogP contribution < -0.4 is 10.0 Å². The number of thiazole rings is 1. The van der Waals surface area contributed by atoms with Crippen LogP contribution in [0.4, 0.5) is 16.6 Å². The van der Waals surface area contributed by atoms with Crippen molar-refractivity contribution >= 4 is 39.9 Å². The van der Waals surface area contributed by atoms with Crippen LogP contribution in [0.1, 0.15) is 5.76 Å². The third-order valence-electron chi connectivity index (χ3n) is 3.77. The molecule has 28 heavy (non-hydrogen) atoms. The van der Waals surface area contributed by atoms with Crippen LogP contribution in [-0.2, 0) is 0 Å². The second kappa shape index (κ2) is 7.83. The highest BCUT2D eigenvalue weighted by Crippen LogP contribution is 2.34. The van der Waals surface area contributed by atoms with Gasteiger partial charge in [-0.3, -0.25) is 0 Å². The molecule has 9 heteroatoms. The first-order valence-corrected chi connectivity index (χ1v) is 9.97. The minimum atomic E-state index is -0.00645. The number of hydrogen-bond acceptors (Lipinski definition) is 9. The normalized spacial score (nSPS) is 10.8. The highest BCUT2D eigenvalue weighted by atomic mass is 32.2. The van der Waals surface area contributed by atoms with Gasteiger partial charge in [0.2, 0.25) is 0 Å². The number of aryl methyl sites for hydroxylation is 1. The van der Waals surface area contributed by atoms with E-state index in [1.807, 2.05) is 42.6 Å². The van der Waals surface area contributed by atoms with Gasteiger partial charge in [-0.05, 0) is 55.3 Å². The van der Waals surface area contributed by atoms with Crippen molar-refractivity contribution in [3.63, 3.8) is 0 Å². The maximum Gasteiger partial charge on any atom is 0.187 e. The summed E-state index contributed by atoms with van der Waals surface area (Å²) in [6.07, 6.45) is 0. The molecule has 0 spiro atoms. The van der Waals surface area contributed by atoms with E-state index in [1.165, 1.54) is 35.4 Å². The highest BCUT2D eigenvalue weighted by molar-refractivity contribution is 8.00. The summed E-state index contributed by atoms with van der Waals surface area (Å²) in [6, 6.07) is 14.2. The summed E-state index contributed by atoms with van der Waals surface area (Å²) in [6.45, 7) is 1.84. The number of aromatic nitrogens is 2. The van der Waals surface area contributed by atoms with E-state index in [0.717, 1.165) is 16.3 Å². The van der Waals surface area contributed by atoms with Gasteiger partial charge in [-0.1, -0.05) is 5.16 Å². The fraction of sp³-hybridized carbons (Fsp3) is 0.0526. The van der Waals surface area contributed by atoms with E-state index in [4.69, 9.17) is 4.52 Å². The van der Waals surface area contributed by atoms with E-state index in [1.54, 1.807) is 6.07 Å². The van der Waals surface area contributed by atoms with Gasteiger partial charge in [0.25, 0.3) is 0 Å². The van der Waals surface area contributed by atoms with Gasteiger partial charge in [-0.2, -0.15) is 0 Å². The molecule has 0 saturated carbocycles. The number of nitrogens with one attached hydrogen (secondary N) is 2. The average Bonchev–Trinajstić information content (AvgIpc) is 3.30. The second-order valence-electron chi connectivity index (χ2n) is 5.92. The fourth-order valence-electron chi connectivity index (χ4n) is 2.45. The Bertz CT molecular complexity index is 1090. The van der Waals surface area contributed by atoms with Crippen molar-refractivity contribution in [1.82, 2.24) is 10.1 Å². The molecule has 4 aromatic rings. The molecule has 0 amide bonds. The molecule has 0 aliphatic carbocycles. The van der Waals surface area contributed by atoms with Crippen molar-refractivity contribution in [3.8, 4) is 22.8 Å². The first kappa shape index (κ1) is 18.2. The Hall–Kier alpha value is -3.17. The molecule has 2 aromatic carbocycles. The molecule has 0 radical (unpaired) electrons. The number of phenolic OH excluding ortho intramolecular Hbond substituents is 2. The molecular weight excluding hydrogens is 396 g/mol. The topological polar surface area (TPSA) is 103 Å². The van der Waals surface area contributed by atoms with Crippen molar-refractivity contribution in [3.05, 3.63) is 59.7 Å². The van der Waals surface area contributed by atoms with Gasteiger partial charge in [0.1, 0.15) is 17.3 Å². The summed E-state index contributed by atoms with van der Waals surface area (Å²) in [5.74, 6) is 1.44. The monoisotopic (exact) mass is 412 g/mol. The molecule has 0 saturated heterocycles. The third-order valence-corrected chi connectivity index (χ3v) is 5.35. The van der Waals surface area contributed by atoms with Crippen LogP contribution in [0.25, 0.3) is 11.3 Å². The van der Waals surface area contributed by atoms with Crippen LogP contribution in [0.2, 0.25) is 0 Å². The molecule has 0 atom stereocenters. The molecule has 142 valence electrons. The molecular formula is C19H16N4O3S2. The zero-order chi connectivity index (χ0) is 19.5. The Labute approximate surface area is 169 Å². The lowest BCUT2D eigenvalue weighted by molar-refractivity contribution is 0.400. The predicted octanol–water partition coefficient (Wildman–Crippen LogP) is 5.38. The van der Waals surface area contributed by atoms with Gasteiger partial charge in [-0.15, -0.1) is 11.3 Å². The van der Waals surface area contributed by atoms with Crippen LogP contribution in [0.5, 0.6) is 11.5 Å². The summed E-state index contributed by atoms with van der Waals surface area (Å²) in [4.78, 5) is 5.52. The number of phenols is 2. The van der Waals surface area contributed by atoms with Crippen LogP contribution in [-0.4, -0.2) is 20.4 Å². The maximum atomic E-state index is 9.97. The molecule has 0 fully saturated rings. The first-order valence-electron chi connectivity index (χ1n) is 8.28. The Kier molecular flexibility index (Phi) is 5.09. The summed E-state index contributed by atoms with van der Waals surface area (Å²) >= 11 is 2.88. The number of nitrogens with zero attached hydrogens (tertiary/aromatic N) is 2. The van der Waals surface area contributed by atoms with Gasteiger partial charge < -0.3 is 24.8 Å². The Morgan fingerprint density at radius 2 is 1.89 bits per heavy atom. The number of anilines is 3. The van der Waals surface area contributed by atoms with Crippen molar-refractivity contribution in [2.75, 3.05) is 10.0 Å². The van der Waals surface area contributed by atoms with Crippen molar-refractivity contribution in [1.29, 1.82) is 0 Å². The Morgan fingerprint density at radius 1 is 1.07 bits per heavy atom. The molecule has 4 N–H and O–H groups in total. The van der Waals surface area contributed by atoms with Crippen molar-refractivity contribution in [2.45, 2.75) is 11.8 Å². The number of benzene rings is 2. The number of aromatic hydroxyl groups is 2. The van der Waals surface area contributed by atoms with E-state index in [0.29, 0.717) is 22.2 Å². The van der Waals surface area contributed by atoms with Gasteiger partial charge in [0.05, 0.1) is 5.69 Å². The van der Waals surface area contributed by atoms with Gasteiger partial charge in [0.15, 0.2) is 10.9 Å². The third kappa shape index (κ3) is 4.21. The summed E-state index contributed by atoms with van der Waals surface area (Å²) in [5.41, 5.74) is 2.12. The predicted molar refractivity (Wildman–Crippen MR) is 111 cm³/mol. The number of hydrogen-bond donors (Lipinski definition) is 4. The van der Waals surface area contributed by atoms with E-state index >= 15 is 0 Å². The van der Waals surface area contributed by atoms with Crippen LogP contribution in [0, 0.1) is 6.92 Å². The minimum absolute atomic E-state index is 0.00645. The maximum absolute atomic E-state index is 9.97. The lowest BCUT2D eigenvalue weighted by atomic mass is 10.1. The van der Waals surface area contributed by atoms with Crippen LogP contribution in [0.15, 0.2) is 63.3 Å². The molecule has 7 nitrogen and oxygen atoms in total. The van der Waals surface area contributed by atoms with E-state index < -0.39 is 0 Å². The van der Waals surface area contributed by atoms with E-state index in [9.17, 15) is 10.2 Å². The quantitative estimate of drug-likeness (QED) is 0.313. The van der Waals surface area contributed by atoms with Gasteiger partial charge in [-0.25, -0.2) is 4.98 Å². The van der Waals surface area contributed by atoms with Crippen LogP contribution in [0.3, 0.4) is 0 Å². The largest absolute Gasteiger partial charge is 0.508 e. The molecule has 0 bridgehead atoms. The summed E-state index contributed by atoms with van der Waals surface area (Å²) < 4.78 is 8.14. The second-order valence-corrected chi connectivity index (χ2v) is 7.65. The standard InChI is InChI=1S/C19H16N4O3S2/c1-11-8-18(22-26-11)23-28-14-5-2-12(3-6-14)20-19-21-16(10-27-19)15-7-4-13(24)9-17(15)25/h2-10,24-25H,1H3,(H,20,21)(H,22,23). The lowest BCUT2D eigenvalue weighted by Gasteiger charge is -2.05. The van der Waals surface area contributed by atoms with Gasteiger partial charge >= 0.3 is 0 Å². The van der Waals surface area contributed by atoms with Crippen LogP contribution >= 0.6 is 23.3 Å². The average molecular weight is 412 g/mol. The molecule has 0 aliphatic rings. The van der Waals surface area contributed by atoms with Gasteiger partial charge in [0, 0.05) is 33.7 Å². The zero-order valence-corrected chi connectivity index (χ0v) is 16.3. The first-order chi connectivity index (χ1) is 13.6.